The minimum Gasteiger partial charge on any atom is -0.244 e. The highest BCUT2D eigenvalue weighted by atomic mass is 32.3. The SMILES string of the molecule is Cc1cccc(C)c1CS(=O)(=O)N=S1(=O)CCc2ccccc21. The number of aryl methyl sites for hydroxylation is 3. The van der Waals surface area contributed by atoms with E-state index in [0.29, 0.717) is 11.3 Å². The fourth-order valence-electron chi connectivity index (χ4n) is 2.93. The van der Waals surface area contributed by atoms with Crippen molar-refractivity contribution in [1.29, 1.82) is 0 Å². The second-order valence-corrected chi connectivity index (χ2v) is 10.1. The number of hydrogen-bond donors (Lipinski definition) is 0. The molecular weight excluding hydrogens is 330 g/mol. The van der Waals surface area contributed by atoms with Crippen LogP contribution >= 0.6 is 0 Å². The van der Waals surface area contributed by atoms with Crippen LogP contribution in [0.2, 0.25) is 0 Å². The lowest BCUT2D eigenvalue weighted by Gasteiger charge is -2.09. The lowest BCUT2D eigenvalue weighted by atomic mass is 10.1. The number of rotatable bonds is 3. The van der Waals surface area contributed by atoms with Crippen LogP contribution < -0.4 is 0 Å². The standard InChI is InChI=1S/C17H19NO3S2/c1-13-6-5-7-14(2)16(13)12-23(20,21)18-22(19)11-10-15-8-3-4-9-17(15)22/h3-9H,10-12H2,1-2H3. The molecule has 0 N–H and O–H groups in total. The molecule has 0 aromatic heterocycles. The molecule has 0 radical (unpaired) electrons. The molecule has 4 nitrogen and oxygen atoms in total. The summed E-state index contributed by atoms with van der Waals surface area (Å²) in [7, 11) is -6.69. The van der Waals surface area contributed by atoms with Crippen LogP contribution in [-0.4, -0.2) is 18.4 Å². The minimum absolute atomic E-state index is 0.204. The Hall–Kier alpha value is -1.66. The highest BCUT2D eigenvalue weighted by molar-refractivity contribution is 8.03. The van der Waals surface area contributed by atoms with Crippen molar-refractivity contribution < 1.29 is 12.6 Å². The average molecular weight is 349 g/mol. The molecule has 1 heterocycles. The topological polar surface area (TPSA) is 63.6 Å². The second-order valence-electron chi connectivity index (χ2n) is 5.87. The number of fused-ring (bicyclic) bond motifs is 1. The van der Waals surface area contributed by atoms with E-state index in [1.54, 1.807) is 12.1 Å². The molecule has 1 unspecified atom stereocenters. The molecule has 1 atom stereocenters. The summed E-state index contributed by atoms with van der Waals surface area (Å²) in [5, 5.41) is 0. The normalized spacial score (nSPS) is 20.3. The Bertz CT molecular complexity index is 964. The number of hydrogen-bond acceptors (Lipinski definition) is 3. The molecule has 2 aromatic rings. The number of benzene rings is 2. The van der Waals surface area contributed by atoms with Crippen molar-refractivity contribution in [3.05, 3.63) is 64.7 Å². The Labute approximate surface area is 137 Å². The van der Waals surface area contributed by atoms with Crippen LogP contribution in [0.4, 0.5) is 0 Å². The monoisotopic (exact) mass is 349 g/mol. The molecule has 0 fully saturated rings. The van der Waals surface area contributed by atoms with Crippen molar-refractivity contribution in [2.75, 3.05) is 5.75 Å². The Morgan fingerprint density at radius 2 is 1.70 bits per heavy atom. The summed E-state index contributed by atoms with van der Waals surface area (Å²) in [6.07, 6.45) is 0.609. The number of sulfonamides is 1. The van der Waals surface area contributed by atoms with Crippen LogP contribution in [0.3, 0.4) is 0 Å². The second kappa shape index (κ2) is 5.76. The van der Waals surface area contributed by atoms with Crippen LogP contribution in [0.1, 0.15) is 22.3 Å². The summed E-state index contributed by atoms with van der Waals surface area (Å²) in [4.78, 5) is 0.574. The van der Waals surface area contributed by atoms with Gasteiger partial charge in [0.2, 0.25) is 0 Å². The number of nitrogens with zero attached hydrogens (tertiary/aromatic N) is 1. The first-order valence-corrected chi connectivity index (χ1v) is 10.7. The van der Waals surface area contributed by atoms with Gasteiger partial charge in [-0.25, -0.2) is 12.6 Å². The van der Waals surface area contributed by atoms with Crippen molar-refractivity contribution in [3.8, 4) is 0 Å². The van der Waals surface area contributed by atoms with E-state index in [2.05, 4.69) is 3.77 Å². The molecule has 0 bridgehead atoms. The van der Waals surface area contributed by atoms with Crippen molar-refractivity contribution >= 4 is 19.8 Å². The maximum atomic E-state index is 13.0. The van der Waals surface area contributed by atoms with E-state index in [9.17, 15) is 12.6 Å². The Morgan fingerprint density at radius 1 is 1.04 bits per heavy atom. The molecule has 0 saturated heterocycles. The molecule has 0 aliphatic carbocycles. The molecule has 2 aromatic carbocycles. The average Bonchev–Trinajstić information content (AvgIpc) is 2.80. The molecule has 3 rings (SSSR count). The van der Waals surface area contributed by atoms with Gasteiger partial charge < -0.3 is 0 Å². The third-order valence-electron chi connectivity index (χ3n) is 4.17. The molecule has 23 heavy (non-hydrogen) atoms. The van der Waals surface area contributed by atoms with E-state index in [0.717, 1.165) is 22.3 Å². The predicted molar refractivity (Wildman–Crippen MR) is 92.4 cm³/mol. The first-order valence-electron chi connectivity index (χ1n) is 7.43. The molecule has 1 aliphatic heterocycles. The third kappa shape index (κ3) is 3.19. The van der Waals surface area contributed by atoms with Gasteiger partial charge in [-0.15, -0.1) is 3.77 Å². The predicted octanol–water partition coefficient (Wildman–Crippen LogP) is 3.22. The lowest BCUT2D eigenvalue weighted by Crippen LogP contribution is -2.09. The van der Waals surface area contributed by atoms with Gasteiger partial charge in [0.25, 0.3) is 10.0 Å². The van der Waals surface area contributed by atoms with Crippen LogP contribution in [0.15, 0.2) is 51.1 Å². The van der Waals surface area contributed by atoms with Crippen molar-refractivity contribution in [2.45, 2.75) is 30.9 Å². The van der Waals surface area contributed by atoms with Crippen LogP contribution in [-0.2, 0) is 31.9 Å². The van der Waals surface area contributed by atoms with Gasteiger partial charge in [0.05, 0.1) is 20.4 Å². The zero-order chi connectivity index (χ0) is 16.7. The molecule has 0 amide bonds. The van der Waals surface area contributed by atoms with E-state index < -0.39 is 19.8 Å². The van der Waals surface area contributed by atoms with E-state index in [1.165, 1.54) is 0 Å². The van der Waals surface area contributed by atoms with Gasteiger partial charge in [0, 0.05) is 5.75 Å². The first-order chi connectivity index (χ1) is 10.8. The first kappa shape index (κ1) is 16.2. The summed E-state index contributed by atoms with van der Waals surface area (Å²) >= 11 is 0. The summed E-state index contributed by atoms with van der Waals surface area (Å²) in [5.41, 5.74) is 3.49. The molecular formula is C17H19NO3S2. The van der Waals surface area contributed by atoms with Gasteiger partial charge in [-0.1, -0.05) is 36.4 Å². The Balaban J connectivity index is 2.04. The van der Waals surface area contributed by atoms with Gasteiger partial charge in [-0.2, -0.15) is 0 Å². The summed E-state index contributed by atoms with van der Waals surface area (Å²) in [5.74, 6) is 0.0724. The summed E-state index contributed by atoms with van der Waals surface area (Å²) in [6, 6.07) is 12.9. The Kier molecular flexibility index (Phi) is 4.06. The van der Waals surface area contributed by atoms with E-state index in [4.69, 9.17) is 0 Å². The largest absolute Gasteiger partial charge is 0.265 e. The van der Waals surface area contributed by atoms with Gasteiger partial charge in [0.1, 0.15) is 0 Å². The van der Waals surface area contributed by atoms with Crippen LogP contribution in [0.5, 0.6) is 0 Å². The fraction of sp³-hybridized carbons (Fsp3) is 0.294. The summed E-state index contributed by atoms with van der Waals surface area (Å²) < 4.78 is 42.0. The Morgan fingerprint density at radius 3 is 2.39 bits per heavy atom. The van der Waals surface area contributed by atoms with Gasteiger partial charge in [0.15, 0.2) is 0 Å². The molecule has 0 spiro atoms. The fourth-order valence-corrected chi connectivity index (χ4v) is 7.63. The van der Waals surface area contributed by atoms with Gasteiger partial charge in [-0.3, -0.25) is 0 Å². The highest BCUT2D eigenvalue weighted by Crippen LogP contribution is 2.29. The van der Waals surface area contributed by atoms with E-state index >= 15 is 0 Å². The van der Waals surface area contributed by atoms with Crippen molar-refractivity contribution in [3.63, 3.8) is 0 Å². The maximum Gasteiger partial charge on any atom is 0.265 e. The zero-order valence-corrected chi connectivity index (χ0v) is 14.8. The lowest BCUT2D eigenvalue weighted by molar-refractivity contribution is 0.597. The van der Waals surface area contributed by atoms with E-state index in [-0.39, 0.29) is 11.5 Å². The summed E-state index contributed by atoms with van der Waals surface area (Å²) in [6.45, 7) is 3.76. The molecule has 6 heteroatoms. The molecule has 122 valence electrons. The quantitative estimate of drug-likeness (QED) is 0.855. The maximum absolute atomic E-state index is 13.0. The van der Waals surface area contributed by atoms with Crippen LogP contribution in [0.25, 0.3) is 0 Å². The van der Waals surface area contributed by atoms with Gasteiger partial charge in [-0.05, 0) is 48.6 Å². The highest BCUT2D eigenvalue weighted by Gasteiger charge is 2.27. The minimum atomic E-state index is -3.81. The molecule has 0 saturated carbocycles. The molecule has 1 aliphatic rings. The van der Waals surface area contributed by atoms with Crippen molar-refractivity contribution in [1.82, 2.24) is 0 Å². The van der Waals surface area contributed by atoms with Crippen molar-refractivity contribution in [2.24, 2.45) is 3.77 Å². The zero-order valence-electron chi connectivity index (χ0n) is 13.2. The third-order valence-corrected chi connectivity index (χ3v) is 8.54. The smallest absolute Gasteiger partial charge is 0.244 e. The van der Waals surface area contributed by atoms with Gasteiger partial charge >= 0.3 is 0 Å². The van der Waals surface area contributed by atoms with E-state index in [1.807, 2.05) is 44.2 Å². The van der Waals surface area contributed by atoms with Crippen LogP contribution in [0, 0.1) is 13.8 Å².